The van der Waals surface area contributed by atoms with Crippen LogP contribution in [-0.2, 0) is 6.42 Å². The number of benzene rings is 2. The fraction of sp³-hybridized carbons (Fsp3) is 0.391. The number of hydrogen-bond donors (Lipinski definition) is 2. The fourth-order valence-electron chi connectivity index (χ4n) is 4.04. The number of hydrogen-bond acceptors (Lipinski definition) is 5. The number of aromatic nitrogens is 3. The second kappa shape index (κ2) is 10.0. The number of methoxy groups -OCH3 is 1. The molecule has 6 nitrogen and oxygen atoms in total. The number of aryl methyl sites for hydroxylation is 1. The van der Waals surface area contributed by atoms with Crippen molar-refractivity contribution in [3.8, 4) is 11.4 Å². The van der Waals surface area contributed by atoms with E-state index in [1.807, 2.05) is 54.1 Å². The van der Waals surface area contributed by atoms with Gasteiger partial charge in [0.1, 0.15) is 11.6 Å². The van der Waals surface area contributed by atoms with Crippen molar-refractivity contribution in [2.24, 2.45) is 5.73 Å². The molecule has 1 aromatic heterocycles. The summed E-state index contributed by atoms with van der Waals surface area (Å²) in [5, 5.41) is 15.8. The van der Waals surface area contributed by atoms with E-state index in [2.05, 4.69) is 0 Å². The minimum Gasteiger partial charge on any atom is -0.496 e. The Bertz CT molecular complexity index is 1040. The van der Waals surface area contributed by atoms with Crippen molar-refractivity contribution in [3.63, 3.8) is 0 Å². The number of nitrogens with two attached hydrogens (primary N) is 1. The summed E-state index contributed by atoms with van der Waals surface area (Å²) >= 11 is 6.39. The standard InChI is InChI=1S/C23H27ClN4O2.ClH/c1-14-7-9-17(13-18(14)24)28-23(16-8-10-19(25)20(29)11-16)26-22(27-28)12-15-5-3-4-6-21(15)30-2;/h3-7,9,13,16,19-20,29H,8,10-12,25H2,1-2H3;1H/t16-,19+,20+;/m0./s1. The summed E-state index contributed by atoms with van der Waals surface area (Å²) in [6.07, 6.45) is 2.22. The van der Waals surface area contributed by atoms with Gasteiger partial charge in [-0.15, -0.1) is 12.4 Å². The highest BCUT2D eigenvalue weighted by molar-refractivity contribution is 6.31. The van der Waals surface area contributed by atoms with Crippen LogP contribution in [0.5, 0.6) is 5.75 Å². The van der Waals surface area contributed by atoms with Gasteiger partial charge in [-0.2, -0.15) is 5.10 Å². The SMILES string of the molecule is COc1ccccc1Cc1nc([C@H]2CC[C@@H](N)[C@H](O)C2)n(-c2ccc(C)c(Cl)c2)n1.Cl. The van der Waals surface area contributed by atoms with Crippen LogP contribution in [0.3, 0.4) is 0 Å². The van der Waals surface area contributed by atoms with Gasteiger partial charge in [0, 0.05) is 29.0 Å². The van der Waals surface area contributed by atoms with Gasteiger partial charge in [0.05, 0.1) is 18.9 Å². The molecule has 0 aliphatic heterocycles. The summed E-state index contributed by atoms with van der Waals surface area (Å²) in [6, 6.07) is 13.6. The summed E-state index contributed by atoms with van der Waals surface area (Å²) in [4.78, 5) is 4.89. The molecule has 1 fully saturated rings. The van der Waals surface area contributed by atoms with Crippen molar-refractivity contribution < 1.29 is 9.84 Å². The maximum Gasteiger partial charge on any atom is 0.155 e. The molecule has 0 amide bonds. The zero-order valence-corrected chi connectivity index (χ0v) is 19.2. The van der Waals surface area contributed by atoms with E-state index in [-0.39, 0.29) is 24.4 Å². The second-order valence-electron chi connectivity index (χ2n) is 7.96. The van der Waals surface area contributed by atoms with Gasteiger partial charge in [-0.3, -0.25) is 0 Å². The Kier molecular flexibility index (Phi) is 7.59. The van der Waals surface area contributed by atoms with E-state index in [0.717, 1.165) is 41.2 Å². The average molecular weight is 463 g/mol. The molecule has 31 heavy (non-hydrogen) atoms. The Balaban J connectivity index is 0.00000272. The van der Waals surface area contributed by atoms with E-state index in [1.54, 1.807) is 7.11 Å². The maximum absolute atomic E-state index is 10.3. The van der Waals surface area contributed by atoms with Gasteiger partial charge in [0.15, 0.2) is 5.82 Å². The lowest BCUT2D eigenvalue weighted by molar-refractivity contribution is 0.0961. The lowest BCUT2D eigenvalue weighted by Gasteiger charge is -2.30. The van der Waals surface area contributed by atoms with Crippen LogP contribution >= 0.6 is 24.0 Å². The van der Waals surface area contributed by atoms with E-state index >= 15 is 0 Å². The van der Waals surface area contributed by atoms with Crippen molar-refractivity contribution in [2.75, 3.05) is 7.11 Å². The second-order valence-corrected chi connectivity index (χ2v) is 8.37. The average Bonchev–Trinajstić information content (AvgIpc) is 3.16. The molecule has 1 heterocycles. The molecule has 0 radical (unpaired) electrons. The lowest BCUT2D eigenvalue weighted by Crippen LogP contribution is -2.40. The first-order valence-corrected chi connectivity index (χ1v) is 10.6. The molecular formula is C23H28Cl2N4O2. The number of halogens is 2. The van der Waals surface area contributed by atoms with Crippen LogP contribution < -0.4 is 10.5 Å². The number of rotatable bonds is 5. The van der Waals surface area contributed by atoms with Crippen LogP contribution in [0.1, 0.15) is 48.0 Å². The molecule has 2 aromatic carbocycles. The molecule has 1 saturated carbocycles. The van der Waals surface area contributed by atoms with Gasteiger partial charge < -0.3 is 15.6 Å². The Morgan fingerprint density at radius 1 is 1.23 bits per heavy atom. The predicted molar refractivity (Wildman–Crippen MR) is 125 cm³/mol. The lowest BCUT2D eigenvalue weighted by atomic mass is 9.84. The highest BCUT2D eigenvalue weighted by atomic mass is 35.5. The van der Waals surface area contributed by atoms with Crippen LogP contribution in [0.25, 0.3) is 5.69 Å². The minimum absolute atomic E-state index is 0. The van der Waals surface area contributed by atoms with Gasteiger partial charge in [0.25, 0.3) is 0 Å². The molecule has 3 atom stereocenters. The zero-order chi connectivity index (χ0) is 21.3. The maximum atomic E-state index is 10.3. The van der Waals surface area contributed by atoms with Crippen molar-refractivity contribution >= 4 is 24.0 Å². The van der Waals surface area contributed by atoms with E-state index < -0.39 is 6.10 Å². The smallest absolute Gasteiger partial charge is 0.155 e. The van der Waals surface area contributed by atoms with Crippen LogP contribution in [0.15, 0.2) is 42.5 Å². The third-order valence-corrected chi connectivity index (χ3v) is 6.26. The summed E-state index contributed by atoms with van der Waals surface area (Å²) < 4.78 is 7.35. The Morgan fingerprint density at radius 2 is 2.00 bits per heavy atom. The first-order valence-electron chi connectivity index (χ1n) is 10.2. The third kappa shape index (κ3) is 5.04. The first kappa shape index (κ1) is 23.5. The number of ether oxygens (including phenoxy) is 1. The molecule has 0 bridgehead atoms. The molecule has 4 rings (SSSR count). The quantitative estimate of drug-likeness (QED) is 0.592. The van der Waals surface area contributed by atoms with E-state index in [0.29, 0.717) is 23.7 Å². The molecule has 3 aromatic rings. The van der Waals surface area contributed by atoms with Crippen LogP contribution in [0.2, 0.25) is 5.02 Å². The van der Waals surface area contributed by atoms with Gasteiger partial charge in [-0.25, -0.2) is 9.67 Å². The summed E-state index contributed by atoms with van der Waals surface area (Å²) in [6.45, 7) is 1.97. The monoisotopic (exact) mass is 462 g/mol. The highest BCUT2D eigenvalue weighted by Gasteiger charge is 2.31. The highest BCUT2D eigenvalue weighted by Crippen LogP contribution is 2.33. The zero-order valence-electron chi connectivity index (χ0n) is 17.7. The molecule has 0 saturated heterocycles. The van der Waals surface area contributed by atoms with Gasteiger partial charge in [-0.05, 0) is 49.9 Å². The Morgan fingerprint density at radius 3 is 2.71 bits per heavy atom. The Hall–Kier alpha value is -2.12. The first-order chi connectivity index (χ1) is 14.5. The third-order valence-electron chi connectivity index (χ3n) is 5.85. The normalized spacial score (nSPS) is 20.9. The summed E-state index contributed by atoms with van der Waals surface area (Å²) in [5.74, 6) is 2.44. The fourth-order valence-corrected chi connectivity index (χ4v) is 4.21. The molecule has 0 spiro atoms. The summed E-state index contributed by atoms with van der Waals surface area (Å²) in [7, 11) is 1.66. The topological polar surface area (TPSA) is 86.2 Å². The Labute approximate surface area is 193 Å². The number of aliphatic hydroxyl groups excluding tert-OH is 1. The van der Waals surface area contributed by atoms with Crippen molar-refractivity contribution in [1.29, 1.82) is 0 Å². The van der Waals surface area contributed by atoms with E-state index in [9.17, 15) is 5.11 Å². The van der Waals surface area contributed by atoms with E-state index in [1.165, 1.54) is 0 Å². The van der Waals surface area contributed by atoms with Crippen LogP contribution in [0.4, 0.5) is 0 Å². The molecule has 1 aliphatic rings. The van der Waals surface area contributed by atoms with Gasteiger partial charge in [-0.1, -0.05) is 35.9 Å². The molecule has 3 N–H and O–H groups in total. The van der Waals surface area contributed by atoms with E-state index in [4.69, 9.17) is 32.2 Å². The molecule has 166 valence electrons. The molecule has 8 heteroatoms. The number of nitrogens with zero attached hydrogens (tertiary/aromatic N) is 3. The van der Waals surface area contributed by atoms with Crippen molar-refractivity contribution in [1.82, 2.24) is 14.8 Å². The predicted octanol–water partition coefficient (Wildman–Crippen LogP) is 4.21. The van der Waals surface area contributed by atoms with Crippen LogP contribution in [0, 0.1) is 6.92 Å². The largest absolute Gasteiger partial charge is 0.496 e. The number of aliphatic hydroxyl groups is 1. The molecular weight excluding hydrogens is 435 g/mol. The molecule has 1 aliphatic carbocycles. The van der Waals surface area contributed by atoms with Crippen molar-refractivity contribution in [3.05, 3.63) is 70.3 Å². The van der Waals surface area contributed by atoms with Gasteiger partial charge >= 0.3 is 0 Å². The molecule has 0 unspecified atom stereocenters. The minimum atomic E-state index is -0.534. The van der Waals surface area contributed by atoms with Crippen molar-refractivity contribution in [2.45, 2.75) is 50.7 Å². The number of para-hydroxylation sites is 1. The van der Waals surface area contributed by atoms with Gasteiger partial charge in [0.2, 0.25) is 0 Å². The van der Waals surface area contributed by atoms with Crippen LogP contribution in [-0.4, -0.2) is 39.1 Å². The summed E-state index contributed by atoms with van der Waals surface area (Å²) in [5.41, 5.74) is 8.92.